The summed E-state index contributed by atoms with van der Waals surface area (Å²) in [6, 6.07) is 0. The first-order valence-electron chi connectivity index (χ1n) is 5.29. The first-order chi connectivity index (χ1) is 6.82. The minimum Gasteiger partial charge on any atom is -0.260 e. The van der Waals surface area contributed by atoms with Crippen molar-refractivity contribution in [2.45, 2.75) is 26.7 Å². The van der Waals surface area contributed by atoms with E-state index in [-0.39, 0.29) is 0 Å². The van der Waals surface area contributed by atoms with E-state index < -0.39 is 0 Å². The van der Waals surface area contributed by atoms with Crippen LogP contribution in [0.1, 0.15) is 26.7 Å². The Bertz CT molecular complexity index is 306. The number of hydrogen-bond acceptors (Lipinski definition) is 2. The minimum atomic E-state index is 0.293. The van der Waals surface area contributed by atoms with Crippen LogP contribution in [0.5, 0.6) is 0 Å². The molecule has 1 fully saturated rings. The van der Waals surface area contributed by atoms with E-state index in [1.165, 1.54) is 35.6 Å². The van der Waals surface area contributed by atoms with Gasteiger partial charge in [-0.25, -0.2) is 0 Å². The molecule has 0 radical (unpaired) electrons. The van der Waals surface area contributed by atoms with Crippen LogP contribution in [0.4, 0.5) is 0 Å². The molecule has 1 nitrogen and oxygen atoms in total. The van der Waals surface area contributed by atoms with Crippen LogP contribution in [0.2, 0.25) is 0 Å². The van der Waals surface area contributed by atoms with Gasteiger partial charge in [-0.3, -0.25) is 4.99 Å². The molecule has 0 aromatic carbocycles. The Morgan fingerprint density at radius 3 is 2.57 bits per heavy atom. The summed E-state index contributed by atoms with van der Waals surface area (Å²) in [7, 11) is 0. The molecule has 2 aliphatic heterocycles. The lowest BCUT2D eigenvalue weighted by Crippen LogP contribution is -2.27. The molecule has 76 valence electrons. The van der Waals surface area contributed by atoms with E-state index in [1.807, 2.05) is 0 Å². The monoisotopic (exact) mass is 207 g/mol. The second kappa shape index (κ2) is 3.93. The zero-order valence-electron chi connectivity index (χ0n) is 8.92. The van der Waals surface area contributed by atoms with Crippen LogP contribution in [-0.2, 0) is 0 Å². The Morgan fingerprint density at radius 1 is 1.29 bits per heavy atom. The lowest BCUT2D eigenvalue weighted by atomic mass is 9.76. The summed E-state index contributed by atoms with van der Waals surface area (Å²) in [4.78, 5) is 4.54. The third kappa shape index (κ3) is 1.46. The standard InChI is InChI=1S/C12H17NS/c1-3-10-11(4-2)13-9-12(10)5-7-14-8-6-12/h3-4,9H,5-8H2,1-2H3. The predicted octanol–water partition coefficient (Wildman–Crippen LogP) is 3.43. The molecule has 0 N–H and O–H groups in total. The minimum absolute atomic E-state index is 0.293. The van der Waals surface area contributed by atoms with E-state index >= 15 is 0 Å². The van der Waals surface area contributed by atoms with Crippen molar-refractivity contribution in [3.63, 3.8) is 0 Å². The molecule has 1 spiro atoms. The van der Waals surface area contributed by atoms with Crippen molar-refractivity contribution in [1.82, 2.24) is 0 Å². The smallest absolute Gasteiger partial charge is 0.0621 e. The maximum atomic E-state index is 4.54. The highest BCUT2D eigenvalue weighted by molar-refractivity contribution is 7.99. The summed E-state index contributed by atoms with van der Waals surface area (Å²) in [6.07, 6.45) is 9.09. The second-order valence-corrected chi connectivity index (χ2v) is 5.13. The van der Waals surface area contributed by atoms with E-state index in [1.54, 1.807) is 0 Å². The van der Waals surface area contributed by atoms with Crippen LogP contribution in [0.25, 0.3) is 0 Å². The Labute approximate surface area is 90.4 Å². The molecule has 0 unspecified atom stereocenters. The summed E-state index contributed by atoms with van der Waals surface area (Å²) in [5.74, 6) is 2.56. The number of nitrogens with zero attached hydrogens (tertiary/aromatic N) is 1. The molecule has 2 heteroatoms. The highest BCUT2D eigenvalue weighted by Gasteiger charge is 2.38. The lowest BCUT2D eigenvalue weighted by Gasteiger charge is -2.32. The summed E-state index contributed by atoms with van der Waals surface area (Å²) in [6.45, 7) is 4.21. The molecule has 0 bridgehead atoms. The molecular formula is C12H17NS. The Balaban J connectivity index is 2.33. The molecule has 14 heavy (non-hydrogen) atoms. The third-order valence-electron chi connectivity index (χ3n) is 3.21. The van der Waals surface area contributed by atoms with Gasteiger partial charge in [0.15, 0.2) is 0 Å². The summed E-state index contributed by atoms with van der Waals surface area (Å²) in [5.41, 5.74) is 2.95. The fourth-order valence-electron chi connectivity index (χ4n) is 2.39. The molecule has 0 aliphatic carbocycles. The number of allylic oxidation sites excluding steroid dienone is 3. The van der Waals surface area contributed by atoms with Gasteiger partial charge in [0.05, 0.1) is 5.70 Å². The normalized spacial score (nSPS) is 30.7. The van der Waals surface area contributed by atoms with Crippen LogP contribution in [0.15, 0.2) is 28.4 Å². The van der Waals surface area contributed by atoms with Crippen molar-refractivity contribution < 1.29 is 0 Å². The van der Waals surface area contributed by atoms with Gasteiger partial charge >= 0.3 is 0 Å². The molecule has 0 saturated carbocycles. The van der Waals surface area contributed by atoms with Crippen LogP contribution < -0.4 is 0 Å². The Morgan fingerprint density at radius 2 is 2.00 bits per heavy atom. The summed E-state index contributed by atoms with van der Waals surface area (Å²) >= 11 is 2.07. The predicted molar refractivity (Wildman–Crippen MR) is 65.0 cm³/mol. The first kappa shape index (κ1) is 10.0. The summed E-state index contributed by atoms with van der Waals surface area (Å²) in [5, 5.41) is 0. The van der Waals surface area contributed by atoms with Crippen molar-refractivity contribution in [2.75, 3.05) is 11.5 Å². The highest BCUT2D eigenvalue weighted by atomic mass is 32.2. The van der Waals surface area contributed by atoms with E-state index in [0.29, 0.717) is 5.41 Å². The summed E-state index contributed by atoms with van der Waals surface area (Å²) < 4.78 is 0. The van der Waals surface area contributed by atoms with Gasteiger partial charge in [-0.1, -0.05) is 12.2 Å². The van der Waals surface area contributed by atoms with Gasteiger partial charge in [0.25, 0.3) is 0 Å². The van der Waals surface area contributed by atoms with Gasteiger partial charge in [-0.2, -0.15) is 11.8 Å². The SMILES string of the molecule is CC=C1N=CC2(CCSCC2)C1=CC. The van der Waals surface area contributed by atoms with Gasteiger partial charge in [0.1, 0.15) is 0 Å². The second-order valence-electron chi connectivity index (χ2n) is 3.90. The van der Waals surface area contributed by atoms with Crippen LogP contribution in [-0.4, -0.2) is 17.7 Å². The fourth-order valence-corrected chi connectivity index (χ4v) is 3.61. The van der Waals surface area contributed by atoms with Gasteiger partial charge in [-0.05, 0) is 43.8 Å². The molecule has 2 rings (SSSR count). The number of rotatable bonds is 0. The maximum Gasteiger partial charge on any atom is 0.0621 e. The maximum absolute atomic E-state index is 4.54. The highest BCUT2D eigenvalue weighted by Crippen LogP contribution is 2.46. The topological polar surface area (TPSA) is 12.4 Å². The van der Waals surface area contributed by atoms with Gasteiger partial charge in [-0.15, -0.1) is 0 Å². The molecule has 0 amide bonds. The zero-order chi connectivity index (χ0) is 10.0. The lowest BCUT2D eigenvalue weighted by molar-refractivity contribution is 0.487. The largest absolute Gasteiger partial charge is 0.260 e. The average molecular weight is 207 g/mol. The van der Waals surface area contributed by atoms with Crippen molar-refractivity contribution >= 4 is 18.0 Å². The quantitative estimate of drug-likeness (QED) is 0.593. The van der Waals surface area contributed by atoms with Gasteiger partial charge in [0.2, 0.25) is 0 Å². The van der Waals surface area contributed by atoms with Gasteiger partial charge in [0, 0.05) is 11.6 Å². The Kier molecular flexibility index (Phi) is 2.82. The van der Waals surface area contributed by atoms with Crippen molar-refractivity contribution in [1.29, 1.82) is 0 Å². The average Bonchev–Trinajstić information content (AvgIpc) is 2.57. The number of aliphatic imine (C=N–C) groups is 1. The number of hydrogen-bond donors (Lipinski definition) is 0. The molecule has 0 atom stereocenters. The van der Waals surface area contributed by atoms with E-state index in [9.17, 15) is 0 Å². The molecule has 0 aromatic heterocycles. The van der Waals surface area contributed by atoms with Crippen molar-refractivity contribution in [2.24, 2.45) is 10.4 Å². The van der Waals surface area contributed by atoms with E-state index in [2.05, 4.69) is 49.0 Å². The molecule has 0 aromatic rings. The Hall–Kier alpha value is -0.500. The van der Waals surface area contributed by atoms with Crippen molar-refractivity contribution in [3.8, 4) is 0 Å². The number of thioether (sulfide) groups is 1. The molecule has 1 saturated heterocycles. The molecule has 2 heterocycles. The van der Waals surface area contributed by atoms with Crippen LogP contribution in [0.3, 0.4) is 0 Å². The van der Waals surface area contributed by atoms with E-state index in [4.69, 9.17) is 0 Å². The molecule has 2 aliphatic rings. The zero-order valence-corrected chi connectivity index (χ0v) is 9.73. The van der Waals surface area contributed by atoms with Crippen LogP contribution in [0, 0.1) is 5.41 Å². The first-order valence-corrected chi connectivity index (χ1v) is 6.44. The van der Waals surface area contributed by atoms with Gasteiger partial charge < -0.3 is 0 Å². The third-order valence-corrected chi connectivity index (χ3v) is 4.20. The van der Waals surface area contributed by atoms with Crippen molar-refractivity contribution in [3.05, 3.63) is 23.4 Å². The van der Waals surface area contributed by atoms with Crippen LogP contribution >= 0.6 is 11.8 Å². The fraction of sp³-hybridized carbons (Fsp3) is 0.583. The van der Waals surface area contributed by atoms with E-state index in [0.717, 1.165) is 0 Å². The molecular weight excluding hydrogens is 190 g/mol.